The molecule has 0 heterocycles. The molecule has 0 saturated carbocycles. The molecule has 0 radical (unpaired) electrons. The molecule has 6 heteroatoms. The first-order chi connectivity index (χ1) is 6.92. The number of halogens is 3. The van der Waals surface area contributed by atoms with E-state index in [1.54, 1.807) is 0 Å². The van der Waals surface area contributed by atoms with Gasteiger partial charge in [0.1, 0.15) is 0 Å². The minimum absolute atomic E-state index is 0.281. The number of carboxylic acids is 1. The molecule has 0 aliphatic carbocycles. The molecule has 0 aliphatic heterocycles. The standard InChI is InChI=1S/C9H9BrI2O2Te/c10-7-1-3-8(4-2-7)15(11,12)6-5-9(13)14/h1-4H,5-6H2,(H,13,14). The number of carbonyl (C=O) groups is 1. The van der Waals surface area contributed by atoms with E-state index in [-0.39, 0.29) is 6.42 Å². The third kappa shape index (κ3) is 5.06. The molecule has 0 aliphatic rings. The second-order valence-electron chi connectivity index (χ2n) is 2.88. The number of carboxylic acid groups (broad SMARTS) is 1. The molecule has 0 aromatic heterocycles. The van der Waals surface area contributed by atoms with E-state index in [4.69, 9.17) is 5.11 Å². The Morgan fingerprint density at radius 1 is 1.33 bits per heavy atom. The molecular weight excluding hydrogens is 601 g/mol. The maximum absolute atomic E-state index is 10.5. The Balaban J connectivity index is 2.76. The monoisotopic (exact) mass is 612 g/mol. The number of aliphatic carboxylic acids is 1. The first-order valence-electron chi connectivity index (χ1n) is 4.09. The van der Waals surface area contributed by atoms with Crippen molar-refractivity contribution in [3.8, 4) is 0 Å². The molecule has 0 bridgehead atoms. The van der Waals surface area contributed by atoms with E-state index in [0.717, 1.165) is 8.94 Å². The fraction of sp³-hybridized carbons (Fsp3) is 0.222. The minimum atomic E-state index is -2.17. The van der Waals surface area contributed by atoms with Gasteiger partial charge in [0.05, 0.1) is 0 Å². The van der Waals surface area contributed by atoms with Gasteiger partial charge in [0, 0.05) is 0 Å². The molecule has 15 heavy (non-hydrogen) atoms. The first-order valence-corrected chi connectivity index (χ1v) is 21.3. The zero-order valence-corrected chi connectivity index (χ0v) is 15.9. The summed E-state index contributed by atoms with van der Waals surface area (Å²) in [6.45, 7) is 0. The number of hydrogen-bond acceptors (Lipinski definition) is 1. The molecule has 0 fully saturated rings. The quantitative estimate of drug-likeness (QED) is 0.420. The molecule has 0 spiro atoms. The molecule has 1 N–H and O–H groups in total. The molecule has 0 amide bonds. The van der Waals surface area contributed by atoms with Crippen LogP contribution in [0.5, 0.6) is 0 Å². The predicted octanol–water partition coefficient (Wildman–Crippen LogP) is 3.44. The summed E-state index contributed by atoms with van der Waals surface area (Å²) in [5.41, 5.74) is 0. The van der Waals surface area contributed by atoms with Crippen LogP contribution in [0.3, 0.4) is 0 Å². The van der Waals surface area contributed by atoms with Crippen LogP contribution in [0, 0.1) is 0 Å². The van der Waals surface area contributed by atoms with E-state index < -0.39 is 16.3 Å². The fourth-order valence-electron chi connectivity index (χ4n) is 0.967. The second-order valence-corrected chi connectivity index (χ2v) is 41.1. The van der Waals surface area contributed by atoms with Gasteiger partial charge < -0.3 is 0 Å². The summed E-state index contributed by atoms with van der Waals surface area (Å²) in [4.78, 5) is 10.5. The van der Waals surface area contributed by atoms with Crippen molar-refractivity contribution in [1.29, 1.82) is 0 Å². The van der Waals surface area contributed by atoms with Crippen molar-refractivity contribution in [2.45, 2.75) is 10.9 Å². The molecule has 1 aromatic rings. The Kier molecular flexibility index (Phi) is 6.16. The van der Waals surface area contributed by atoms with Gasteiger partial charge >= 0.3 is 123 Å². The van der Waals surface area contributed by atoms with Gasteiger partial charge in [-0.25, -0.2) is 0 Å². The van der Waals surface area contributed by atoms with Gasteiger partial charge in [0.15, 0.2) is 0 Å². The van der Waals surface area contributed by atoms with Crippen LogP contribution < -0.4 is 3.61 Å². The van der Waals surface area contributed by atoms with Crippen molar-refractivity contribution in [3.63, 3.8) is 0 Å². The van der Waals surface area contributed by atoms with E-state index in [2.05, 4.69) is 65.5 Å². The zero-order valence-electron chi connectivity index (χ0n) is 7.62. The molecule has 0 saturated heterocycles. The summed E-state index contributed by atoms with van der Waals surface area (Å²) in [7, 11) is -2.17. The SMILES string of the molecule is O=C(O)CC[Te](I)(I)c1ccc(Br)cc1. The van der Waals surface area contributed by atoms with Crippen molar-refractivity contribution in [2.75, 3.05) is 0 Å². The average molecular weight is 610 g/mol. The number of benzene rings is 1. The number of rotatable bonds is 4. The van der Waals surface area contributed by atoms with Gasteiger partial charge in [-0.2, -0.15) is 0 Å². The van der Waals surface area contributed by atoms with Crippen LogP contribution in [0.15, 0.2) is 28.7 Å². The molecule has 84 valence electrons. The third-order valence-corrected chi connectivity index (χ3v) is 19.8. The van der Waals surface area contributed by atoms with Crippen LogP contribution in [0.25, 0.3) is 0 Å². The van der Waals surface area contributed by atoms with Crippen LogP contribution in [-0.2, 0) is 4.79 Å². The van der Waals surface area contributed by atoms with E-state index in [1.807, 2.05) is 12.1 Å². The Bertz CT molecular complexity index is 354. The van der Waals surface area contributed by atoms with Crippen molar-refractivity contribution in [1.82, 2.24) is 0 Å². The van der Waals surface area contributed by atoms with Gasteiger partial charge in [-0.3, -0.25) is 0 Å². The van der Waals surface area contributed by atoms with Gasteiger partial charge in [-0.05, 0) is 0 Å². The second kappa shape index (κ2) is 6.38. The summed E-state index contributed by atoms with van der Waals surface area (Å²) in [5.74, 6) is -0.698. The fourth-order valence-corrected chi connectivity index (χ4v) is 11.6. The molecule has 1 rings (SSSR count). The Morgan fingerprint density at radius 3 is 2.33 bits per heavy atom. The van der Waals surface area contributed by atoms with E-state index in [1.165, 1.54) is 3.61 Å². The van der Waals surface area contributed by atoms with Crippen LogP contribution in [-0.4, -0.2) is 21.4 Å². The van der Waals surface area contributed by atoms with Gasteiger partial charge in [0.25, 0.3) is 0 Å². The molecule has 1 aromatic carbocycles. The van der Waals surface area contributed by atoms with Crippen LogP contribution in [0.1, 0.15) is 6.42 Å². The van der Waals surface area contributed by atoms with Gasteiger partial charge in [-0.1, -0.05) is 0 Å². The Labute approximate surface area is 121 Å². The molecule has 2 nitrogen and oxygen atoms in total. The maximum atomic E-state index is 10.5. The normalized spacial score (nSPS) is 12.5. The van der Waals surface area contributed by atoms with Crippen molar-refractivity contribution in [3.05, 3.63) is 28.7 Å². The topological polar surface area (TPSA) is 37.3 Å². The van der Waals surface area contributed by atoms with Crippen molar-refractivity contribution >= 4 is 73.2 Å². The van der Waals surface area contributed by atoms with E-state index in [0.29, 0.717) is 0 Å². The molecule has 0 atom stereocenters. The van der Waals surface area contributed by atoms with Crippen molar-refractivity contribution in [2.24, 2.45) is 0 Å². The third-order valence-electron chi connectivity index (χ3n) is 1.73. The molecular formula is C9H9BrI2O2Te. The summed E-state index contributed by atoms with van der Waals surface area (Å²) < 4.78 is 3.22. The summed E-state index contributed by atoms with van der Waals surface area (Å²) in [5, 5.41) is 8.68. The average Bonchev–Trinajstić information content (AvgIpc) is 2.16. The Morgan fingerprint density at radius 2 is 1.87 bits per heavy atom. The van der Waals surface area contributed by atoms with E-state index >= 15 is 0 Å². The van der Waals surface area contributed by atoms with Crippen LogP contribution >= 0.6 is 53.3 Å². The van der Waals surface area contributed by atoms with Crippen molar-refractivity contribution < 1.29 is 9.90 Å². The number of hydrogen-bond donors (Lipinski definition) is 1. The van der Waals surface area contributed by atoms with Gasteiger partial charge in [0.2, 0.25) is 0 Å². The summed E-state index contributed by atoms with van der Waals surface area (Å²) >= 11 is 8.37. The van der Waals surface area contributed by atoms with Gasteiger partial charge in [-0.15, -0.1) is 0 Å². The van der Waals surface area contributed by atoms with Crippen LogP contribution in [0.4, 0.5) is 0 Å². The first kappa shape index (κ1) is 14.5. The predicted molar refractivity (Wildman–Crippen MR) is 84.6 cm³/mol. The zero-order chi connectivity index (χ0) is 11.5. The van der Waals surface area contributed by atoms with E-state index in [9.17, 15) is 4.79 Å². The summed E-state index contributed by atoms with van der Waals surface area (Å²) in [6.07, 6.45) is 0.281. The van der Waals surface area contributed by atoms with Crippen LogP contribution in [0.2, 0.25) is 4.47 Å². The summed E-state index contributed by atoms with van der Waals surface area (Å²) in [6, 6.07) is 8.25. The Hall–Kier alpha value is 1.42. The molecule has 0 unspecified atom stereocenters.